The molecular weight excluding hydrogens is 166 g/mol. The van der Waals surface area contributed by atoms with E-state index < -0.39 is 0 Å². The van der Waals surface area contributed by atoms with Crippen LogP contribution in [0.1, 0.15) is 5.69 Å². The van der Waals surface area contributed by atoms with Crippen molar-refractivity contribution in [3.8, 4) is 11.4 Å². The van der Waals surface area contributed by atoms with Gasteiger partial charge in [-0.1, -0.05) is 0 Å². The van der Waals surface area contributed by atoms with Gasteiger partial charge in [0.2, 0.25) is 0 Å². The van der Waals surface area contributed by atoms with Crippen LogP contribution in [0.2, 0.25) is 0 Å². The molecule has 0 bridgehead atoms. The molecular formula is C8H11N5. The van der Waals surface area contributed by atoms with Crippen LogP contribution in [0.4, 0.5) is 5.69 Å². The highest BCUT2D eigenvalue weighted by Crippen LogP contribution is 2.22. The molecule has 0 amide bonds. The number of aromatic nitrogens is 4. The molecule has 0 aliphatic carbocycles. The second-order valence-corrected chi connectivity index (χ2v) is 2.99. The fraction of sp³-hybridized carbons (Fsp3) is 0.250. The van der Waals surface area contributed by atoms with Crippen LogP contribution >= 0.6 is 0 Å². The van der Waals surface area contributed by atoms with Gasteiger partial charge in [0.05, 0.1) is 23.3 Å². The maximum absolute atomic E-state index is 5.72. The molecule has 2 aromatic heterocycles. The summed E-state index contributed by atoms with van der Waals surface area (Å²) in [5.74, 6) is 0. The summed E-state index contributed by atoms with van der Waals surface area (Å²) in [6, 6.07) is 1.96. The van der Waals surface area contributed by atoms with Crippen LogP contribution in [0, 0.1) is 6.92 Å². The Hall–Kier alpha value is -1.78. The zero-order valence-corrected chi connectivity index (χ0v) is 7.57. The predicted molar refractivity (Wildman–Crippen MR) is 49.9 cm³/mol. The third kappa shape index (κ3) is 1.18. The first-order valence-corrected chi connectivity index (χ1v) is 3.98. The second kappa shape index (κ2) is 2.62. The summed E-state index contributed by atoms with van der Waals surface area (Å²) in [6.45, 7) is 1.94. The van der Waals surface area contributed by atoms with E-state index in [4.69, 9.17) is 5.73 Å². The summed E-state index contributed by atoms with van der Waals surface area (Å²) in [5, 5.41) is 10.9. The van der Waals surface area contributed by atoms with E-state index in [0.29, 0.717) is 5.69 Å². The number of rotatable bonds is 1. The average Bonchev–Trinajstić information content (AvgIpc) is 2.58. The van der Waals surface area contributed by atoms with Gasteiger partial charge in [-0.15, -0.1) is 0 Å². The van der Waals surface area contributed by atoms with Crippen LogP contribution in [0.15, 0.2) is 12.3 Å². The SMILES string of the molecule is Cc1cc(-c2[nH]ncc2N)n(C)n1. The maximum atomic E-state index is 5.72. The second-order valence-electron chi connectivity index (χ2n) is 2.99. The van der Waals surface area contributed by atoms with Crippen LogP contribution in [0.3, 0.4) is 0 Å². The molecule has 0 atom stereocenters. The molecule has 2 aromatic rings. The van der Waals surface area contributed by atoms with E-state index >= 15 is 0 Å². The highest BCUT2D eigenvalue weighted by Gasteiger charge is 2.09. The third-order valence-electron chi connectivity index (χ3n) is 1.93. The summed E-state index contributed by atoms with van der Waals surface area (Å²) in [7, 11) is 1.88. The molecule has 0 fully saturated rings. The van der Waals surface area contributed by atoms with Gasteiger partial charge >= 0.3 is 0 Å². The van der Waals surface area contributed by atoms with E-state index in [1.165, 1.54) is 0 Å². The number of nitrogens with zero attached hydrogens (tertiary/aromatic N) is 3. The number of nitrogens with two attached hydrogens (primary N) is 1. The molecule has 0 spiro atoms. The quantitative estimate of drug-likeness (QED) is 0.673. The predicted octanol–water partition coefficient (Wildman–Crippen LogP) is 0.701. The number of H-pyrrole nitrogens is 1. The summed E-state index contributed by atoms with van der Waals surface area (Å²) in [4.78, 5) is 0. The fourth-order valence-corrected chi connectivity index (χ4v) is 1.35. The summed E-state index contributed by atoms with van der Waals surface area (Å²) in [5.41, 5.74) is 9.10. The summed E-state index contributed by atoms with van der Waals surface area (Å²) < 4.78 is 1.78. The van der Waals surface area contributed by atoms with Gasteiger partial charge in [0.25, 0.3) is 0 Å². The Morgan fingerprint density at radius 2 is 2.31 bits per heavy atom. The van der Waals surface area contributed by atoms with Gasteiger partial charge in [0.1, 0.15) is 5.69 Å². The Kier molecular flexibility index (Phi) is 1.58. The van der Waals surface area contributed by atoms with Crippen molar-refractivity contribution >= 4 is 5.69 Å². The minimum absolute atomic E-state index is 0.642. The molecule has 68 valence electrons. The Morgan fingerprint density at radius 3 is 2.77 bits per heavy atom. The van der Waals surface area contributed by atoms with Crippen LogP contribution in [-0.2, 0) is 7.05 Å². The number of aromatic amines is 1. The maximum Gasteiger partial charge on any atom is 0.106 e. The Balaban J connectivity index is 2.58. The van der Waals surface area contributed by atoms with Crippen LogP contribution < -0.4 is 5.73 Å². The van der Waals surface area contributed by atoms with Gasteiger partial charge in [-0.05, 0) is 13.0 Å². The zero-order valence-electron chi connectivity index (χ0n) is 7.57. The van der Waals surface area contributed by atoms with E-state index in [1.54, 1.807) is 10.9 Å². The van der Waals surface area contributed by atoms with Crippen molar-refractivity contribution in [3.63, 3.8) is 0 Å². The zero-order chi connectivity index (χ0) is 9.42. The molecule has 5 heteroatoms. The molecule has 0 aliphatic rings. The molecule has 0 saturated heterocycles. The van der Waals surface area contributed by atoms with Crippen molar-refractivity contribution in [2.24, 2.45) is 7.05 Å². The number of nitrogens with one attached hydrogen (secondary N) is 1. The van der Waals surface area contributed by atoms with Crippen molar-refractivity contribution in [1.82, 2.24) is 20.0 Å². The number of aryl methyl sites for hydroxylation is 2. The fourth-order valence-electron chi connectivity index (χ4n) is 1.35. The van der Waals surface area contributed by atoms with E-state index in [0.717, 1.165) is 17.1 Å². The molecule has 0 radical (unpaired) electrons. The lowest BCUT2D eigenvalue weighted by Gasteiger charge is -1.98. The molecule has 2 heterocycles. The van der Waals surface area contributed by atoms with Gasteiger partial charge in [0, 0.05) is 7.05 Å². The van der Waals surface area contributed by atoms with Gasteiger partial charge in [-0.25, -0.2) is 0 Å². The van der Waals surface area contributed by atoms with E-state index in [-0.39, 0.29) is 0 Å². The molecule has 2 rings (SSSR count). The lowest BCUT2D eigenvalue weighted by atomic mass is 10.2. The van der Waals surface area contributed by atoms with Crippen LogP contribution in [-0.4, -0.2) is 20.0 Å². The van der Waals surface area contributed by atoms with Gasteiger partial charge in [0.15, 0.2) is 0 Å². The topological polar surface area (TPSA) is 72.5 Å². The number of hydrogen-bond acceptors (Lipinski definition) is 3. The Bertz CT molecular complexity index is 425. The van der Waals surface area contributed by atoms with Crippen molar-refractivity contribution in [3.05, 3.63) is 18.0 Å². The first-order chi connectivity index (χ1) is 6.18. The van der Waals surface area contributed by atoms with Crippen molar-refractivity contribution < 1.29 is 0 Å². The molecule has 5 nitrogen and oxygen atoms in total. The van der Waals surface area contributed by atoms with Gasteiger partial charge in [-0.3, -0.25) is 9.78 Å². The summed E-state index contributed by atoms with van der Waals surface area (Å²) >= 11 is 0. The van der Waals surface area contributed by atoms with Crippen molar-refractivity contribution in [2.75, 3.05) is 5.73 Å². The molecule has 13 heavy (non-hydrogen) atoms. The van der Waals surface area contributed by atoms with Gasteiger partial charge < -0.3 is 5.73 Å². The minimum atomic E-state index is 0.642. The first kappa shape index (κ1) is 7.85. The molecule has 0 saturated carbocycles. The molecule has 0 unspecified atom stereocenters. The lowest BCUT2D eigenvalue weighted by Crippen LogP contribution is -1.96. The number of nitrogen functional groups attached to an aromatic ring is 1. The molecule has 0 aromatic carbocycles. The highest BCUT2D eigenvalue weighted by molar-refractivity contribution is 5.69. The standard InChI is InChI=1S/C8H11N5/c1-5-3-7(13(2)12-5)8-6(9)4-10-11-8/h3-4H,9H2,1-2H3,(H,10,11). The number of hydrogen-bond donors (Lipinski definition) is 2. The van der Waals surface area contributed by atoms with E-state index in [2.05, 4.69) is 15.3 Å². The largest absolute Gasteiger partial charge is 0.396 e. The van der Waals surface area contributed by atoms with E-state index in [1.807, 2.05) is 20.0 Å². The lowest BCUT2D eigenvalue weighted by molar-refractivity contribution is 0.761. The smallest absolute Gasteiger partial charge is 0.106 e. The molecule has 3 N–H and O–H groups in total. The van der Waals surface area contributed by atoms with Crippen molar-refractivity contribution in [2.45, 2.75) is 6.92 Å². The Labute approximate surface area is 75.6 Å². The number of anilines is 1. The highest BCUT2D eigenvalue weighted by atomic mass is 15.3. The van der Waals surface area contributed by atoms with Gasteiger partial charge in [-0.2, -0.15) is 10.2 Å². The average molecular weight is 177 g/mol. The normalized spacial score (nSPS) is 10.6. The van der Waals surface area contributed by atoms with E-state index in [9.17, 15) is 0 Å². The third-order valence-corrected chi connectivity index (χ3v) is 1.93. The van der Waals surface area contributed by atoms with Crippen LogP contribution in [0.25, 0.3) is 11.4 Å². The minimum Gasteiger partial charge on any atom is -0.396 e. The molecule has 0 aliphatic heterocycles. The first-order valence-electron chi connectivity index (χ1n) is 3.98. The monoisotopic (exact) mass is 177 g/mol. The summed E-state index contributed by atoms with van der Waals surface area (Å²) in [6.07, 6.45) is 1.59. The van der Waals surface area contributed by atoms with Crippen molar-refractivity contribution in [1.29, 1.82) is 0 Å². The Morgan fingerprint density at radius 1 is 1.54 bits per heavy atom. The van der Waals surface area contributed by atoms with Crippen LogP contribution in [0.5, 0.6) is 0 Å².